The third-order valence-corrected chi connectivity index (χ3v) is 6.18. The first-order valence-corrected chi connectivity index (χ1v) is 10.9. The maximum atomic E-state index is 12.9. The standard InChI is InChI=1S/C19H23N3O3S2/c1-4-6-9-27-19-21-16-15(17(23)22-19)14(12-8-7-10-26-12)13(11(3)20-16)18(24)25-5-2/h7-8,10,14H,4-6,9H2,1-3H3,(H2,20,21,22,23). The number of unbranched alkanes of at least 4 members (excludes halogenated alkanes) is 1. The Morgan fingerprint density at radius 3 is 2.89 bits per heavy atom. The summed E-state index contributed by atoms with van der Waals surface area (Å²) in [6.45, 7) is 6.00. The number of thioether (sulfide) groups is 1. The monoisotopic (exact) mass is 405 g/mol. The highest BCUT2D eigenvalue weighted by Gasteiger charge is 2.36. The van der Waals surface area contributed by atoms with Gasteiger partial charge in [-0.3, -0.25) is 4.79 Å². The van der Waals surface area contributed by atoms with E-state index in [2.05, 4.69) is 22.2 Å². The molecule has 144 valence electrons. The van der Waals surface area contributed by atoms with E-state index in [1.54, 1.807) is 6.92 Å². The lowest BCUT2D eigenvalue weighted by molar-refractivity contribution is -0.138. The number of esters is 1. The van der Waals surface area contributed by atoms with Gasteiger partial charge in [0.15, 0.2) is 5.16 Å². The SMILES string of the molecule is CCCCSc1nc2c(c(=O)[nH]1)C(c1cccs1)C(C(=O)OCC)=C(C)N2. The number of nitrogens with zero attached hydrogens (tertiary/aromatic N) is 1. The van der Waals surface area contributed by atoms with Crippen LogP contribution in [0.4, 0.5) is 5.82 Å². The van der Waals surface area contributed by atoms with Crippen LogP contribution in [0, 0.1) is 0 Å². The number of H-pyrrole nitrogens is 1. The molecule has 0 bridgehead atoms. The van der Waals surface area contributed by atoms with Crippen molar-refractivity contribution < 1.29 is 9.53 Å². The van der Waals surface area contributed by atoms with Gasteiger partial charge in [0.25, 0.3) is 5.56 Å². The molecule has 0 spiro atoms. The summed E-state index contributed by atoms with van der Waals surface area (Å²) in [5, 5.41) is 5.68. The molecule has 2 N–H and O–H groups in total. The van der Waals surface area contributed by atoms with E-state index in [0.717, 1.165) is 23.5 Å². The van der Waals surface area contributed by atoms with Crippen LogP contribution in [0.15, 0.2) is 38.7 Å². The fraction of sp³-hybridized carbons (Fsp3) is 0.421. The van der Waals surface area contributed by atoms with Crippen LogP contribution in [-0.2, 0) is 9.53 Å². The minimum atomic E-state index is -0.480. The molecular formula is C19H23N3O3S2. The van der Waals surface area contributed by atoms with Crippen molar-refractivity contribution in [2.45, 2.75) is 44.7 Å². The average molecular weight is 406 g/mol. The number of carbonyl (C=O) groups is 1. The zero-order valence-electron chi connectivity index (χ0n) is 15.6. The molecule has 0 saturated heterocycles. The second-order valence-corrected chi connectivity index (χ2v) is 8.23. The third kappa shape index (κ3) is 4.11. The van der Waals surface area contributed by atoms with Gasteiger partial charge < -0.3 is 15.0 Å². The average Bonchev–Trinajstić information content (AvgIpc) is 3.15. The zero-order chi connectivity index (χ0) is 19.4. The maximum Gasteiger partial charge on any atom is 0.336 e. The van der Waals surface area contributed by atoms with Crippen LogP contribution in [0.3, 0.4) is 0 Å². The van der Waals surface area contributed by atoms with E-state index in [9.17, 15) is 9.59 Å². The van der Waals surface area contributed by atoms with E-state index >= 15 is 0 Å². The number of hydrogen-bond donors (Lipinski definition) is 2. The normalized spacial score (nSPS) is 16.0. The summed E-state index contributed by atoms with van der Waals surface area (Å²) >= 11 is 3.04. The van der Waals surface area contributed by atoms with E-state index in [0.29, 0.717) is 27.8 Å². The van der Waals surface area contributed by atoms with Crippen molar-refractivity contribution in [3.63, 3.8) is 0 Å². The van der Waals surface area contributed by atoms with Crippen molar-refractivity contribution in [1.82, 2.24) is 9.97 Å². The summed E-state index contributed by atoms with van der Waals surface area (Å²) < 4.78 is 5.26. The number of rotatable bonds is 7. The van der Waals surface area contributed by atoms with Gasteiger partial charge in [-0.15, -0.1) is 11.3 Å². The van der Waals surface area contributed by atoms with E-state index in [-0.39, 0.29) is 12.2 Å². The molecule has 6 nitrogen and oxygen atoms in total. The first kappa shape index (κ1) is 19.7. The molecule has 0 amide bonds. The first-order valence-electron chi connectivity index (χ1n) is 9.02. The lowest BCUT2D eigenvalue weighted by Crippen LogP contribution is -2.30. The molecular weight excluding hydrogens is 382 g/mol. The molecule has 2 aromatic rings. The molecule has 1 atom stereocenters. The Morgan fingerprint density at radius 2 is 2.22 bits per heavy atom. The van der Waals surface area contributed by atoms with Crippen molar-refractivity contribution in [2.24, 2.45) is 0 Å². The van der Waals surface area contributed by atoms with E-state index in [1.807, 2.05) is 24.4 Å². The van der Waals surface area contributed by atoms with Crippen LogP contribution in [0.1, 0.15) is 50.0 Å². The summed E-state index contributed by atoms with van der Waals surface area (Å²) in [6.07, 6.45) is 2.15. The van der Waals surface area contributed by atoms with Gasteiger partial charge in [-0.05, 0) is 31.7 Å². The topological polar surface area (TPSA) is 84.1 Å². The summed E-state index contributed by atoms with van der Waals surface area (Å²) in [6, 6.07) is 3.84. The largest absolute Gasteiger partial charge is 0.463 e. The van der Waals surface area contributed by atoms with E-state index in [1.165, 1.54) is 23.1 Å². The fourth-order valence-electron chi connectivity index (χ4n) is 3.03. The van der Waals surface area contributed by atoms with Gasteiger partial charge in [-0.2, -0.15) is 0 Å². The van der Waals surface area contributed by atoms with Gasteiger partial charge >= 0.3 is 5.97 Å². The van der Waals surface area contributed by atoms with Crippen molar-refractivity contribution >= 4 is 34.9 Å². The molecule has 0 saturated carbocycles. The van der Waals surface area contributed by atoms with Crippen molar-refractivity contribution in [3.8, 4) is 0 Å². The number of hydrogen-bond acceptors (Lipinski definition) is 7. The van der Waals surface area contributed by atoms with Crippen LogP contribution in [0.5, 0.6) is 0 Å². The predicted molar refractivity (Wildman–Crippen MR) is 110 cm³/mol. The summed E-state index contributed by atoms with van der Waals surface area (Å²) in [4.78, 5) is 34.0. The summed E-state index contributed by atoms with van der Waals surface area (Å²) in [7, 11) is 0. The minimum absolute atomic E-state index is 0.223. The van der Waals surface area contributed by atoms with E-state index < -0.39 is 11.9 Å². The molecule has 0 aromatic carbocycles. The van der Waals surface area contributed by atoms with Crippen molar-refractivity contribution in [2.75, 3.05) is 17.7 Å². The molecule has 3 heterocycles. The lowest BCUT2D eigenvalue weighted by Gasteiger charge is -2.27. The second-order valence-electron chi connectivity index (χ2n) is 6.17. The van der Waals surface area contributed by atoms with Gasteiger partial charge in [0.2, 0.25) is 0 Å². The molecule has 3 rings (SSSR count). The van der Waals surface area contributed by atoms with Crippen LogP contribution in [-0.4, -0.2) is 28.3 Å². The maximum absolute atomic E-state index is 12.9. The quantitative estimate of drug-likeness (QED) is 0.312. The molecule has 1 aliphatic heterocycles. The number of aromatic amines is 1. The van der Waals surface area contributed by atoms with Crippen molar-refractivity contribution in [1.29, 1.82) is 0 Å². The molecule has 1 aliphatic rings. The number of anilines is 1. The van der Waals surface area contributed by atoms with Gasteiger partial charge in [-0.25, -0.2) is 9.78 Å². The Kier molecular flexibility index (Phi) is 6.38. The minimum Gasteiger partial charge on any atom is -0.463 e. The number of thiophene rings is 1. The molecule has 2 aromatic heterocycles. The van der Waals surface area contributed by atoms with Gasteiger partial charge in [0.05, 0.1) is 23.7 Å². The van der Waals surface area contributed by atoms with Gasteiger partial charge in [-0.1, -0.05) is 31.2 Å². The number of nitrogens with one attached hydrogen (secondary N) is 2. The first-order chi connectivity index (χ1) is 13.1. The molecule has 0 aliphatic carbocycles. The molecule has 8 heteroatoms. The lowest BCUT2D eigenvalue weighted by atomic mass is 9.86. The van der Waals surface area contributed by atoms with E-state index in [4.69, 9.17) is 4.74 Å². The number of fused-ring (bicyclic) bond motifs is 1. The third-order valence-electron chi connectivity index (χ3n) is 4.28. The number of carbonyl (C=O) groups excluding carboxylic acids is 1. The second kappa shape index (κ2) is 8.75. The molecule has 27 heavy (non-hydrogen) atoms. The fourth-order valence-corrected chi connectivity index (χ4v) is 4.82. The van der Waals surface area contributed by atoms with Crippen LogP contribution >= 0.6 is 23.1 Å². The smallest absolute Gasteiger partial charge is 0.336 e. The van der Waals surface area contributed by atoms with Crippen LogP contribution in [0.25, 0.3) is 0 Å². The predicted octanol–water partition coefficient (Wildman–Crippen LogP) is 4.12. The highest BCUT2D eigenvalue weighted by atomic mass is 32.2. The number of allylic oxidation sites excluding steroid dienone is 1. The Labute approximate surface area is 166 Å². The Morgan fingerprint density at radius 1 is 1.41 bits per heavy atom. The highest BCUT2D eigenvalue weighted by Crippen LogP contribution is 2.41. The van der Waals surface area contributed by atoms with Crippen molar-refractivity contribution in [3.05, 3.63) is 49.6 Å². The van der Waals surface area contributed by atoms with Gasteiger partial charge in [0, 0.05) is 16.3 Å². The Balaban J connectivity index is 2.08. The van der Waals surface area contributed by atoms with Crippen LogP contribution < -0.4 is 10.9 Å². The van der Waals surface area contributed by atoms with Gasteiger partial charge in [0.1, 0.15) is 5.82 Å². The number of ether oxygens (including phenoxy) is 1. The highest BCUT2D eigenvalue weighted by molar-refractivity contribution is 7.99. The zero-order valence-corrected chi connectivity index (χ0v) is 17.3. The Bertz CT molecular complexity index is 903. The summed E-state index contributed by atoms with van der Waals surface area (Å²) in [5.41, 5.74) is 1.37. The Hall–Kier alpha value is -2.06. The molecule has 0 fully saturated rings. The van der Waals surface area contributed by atoms with Crippen LogP contribution in [0.2, 0.25) is 0 Å². The summed E-state index contributed by atoms with van der Waals surface area (Å²) in [5.74, 6) is 0.524. The number of aromatic nitrogens is 2. The molecule has 1 unspecified atom stereocenters. The molecule has 0 radical (unpaired) electrons.